The molecule has 2 N–H and O–H groups in total. The lowest BCUT2D eigenvalue weighted by atomic mass is 9.45. The van der Waals surface area contributed by atoms with Crippen molar-refractivity contribution in [2.24, 2.45) is 23.2 Å². The number of nitrogens with zero attached hydrogens (tertiary/aromatic N) is 2. The Bertz CT molecular complexity index is 1130. The Labute approximate surface area is 217 Å². The van der Waals surface area contributed by atoms with Crippen LogP contribution in [-0.2, 0) is 16.5 Å². The smallest absolute Gasteiger partial charge is 0.354 e. The summed E-state index contributed by atoms with van der Waals surface area (Å²) in [6.45, 7) is 11.6. The van der Waals surface area contributed by atoms with Gasteiger partial charge in [0.25, 0.3) is 0 Å². The highest BCUT2D eigenvalue weighted by Gasteiger charge is 2.54. The van der Waals surface area contributed by atoms with E-state index < -0.39 is 17.8 Å². The normalized spacial score (nSPS) is 31.1. The number of hydrogen-bond acceptors (Lipinski definition) is 3. The molecule has 3 aliphatic carbocycles. The highest BCUT2D eigenvalue weighted by atomic mass is 19.4. The predicted octanol–water partition coefficient (Wildman–Crippen LogP) is 6.03. The van der Waals surface area contributed by atoms with E-state index in [0.29, 0.717) is 30.2 Å². The van der Waals surface area contributed by atoms with Gasteiger partial charge >= 0.3 is 6.18 Å². The predicted molar refractivity (Wildman–Crippen MR) is 137 cm³/mol. The molecule has 3 saturated carbocycles. The van der Waals surface area contributed by atoms with E-state index in [9.17, 15) is 18.0 Å². The summed E-state index contributed by atoms with van der Waals surface area (Å²) in [5.41, 5.74) is 1.07. The lowest BCUT2D eigenvalue weighted by molar-refractivity contribution is -0.137. The van der Waals surface area contributed by atoms with Crippen molar-refractivity contribution in [3.63, 3.8) is 0 Å². The largest absolute Gasteiger partial charge is 0.416 e. The second kappa shape index (κ2) is 9.14. The molecule has 1 aromatic carbocycles. The molecule has 2 bridgehead atoms. The summed E-state index contributed by atoms with van der Waals surface area (Å²) in [7, 11) is 0. The molecule has 2 aromatic rings. The van der Waals surface area contributed by atoms with Crippen LogP contribution in [0.15, 0.2) is 36.5 Å². The van der Waals surface area contributed by atoms with Gasteiger partial charge in [0.05, 0.1) is 22.8 Å². The summed E-state index contributed by atoms with van der Waals surface area (Å²) in [5.74, 6) is 1.83. The fourth-order valence-electron chi connectivity index (χ4n) is 6.94. The topological polar surface area (TPSA) is 59.0 Å². The molecule has 5 nitrogen and oxygen atoms in total. The van der Waals surface area contributed by atoms with Crippen molar-refractivity contribution in [3.8, 4) is 0 Å². The van der Waals surface area contributed by atoms with Crippen LogP contribution < -0.4 is 10.6 Å². The van der Waals surface area contributed by atoms with Gasteiger partial charge in [-0.05, 0) is 93.4 Å². The molecule has 1 saturated heterocycles. The van der Waals surface area contributed by atoms with Crippen LogP contribution in [0.1, 0.15) is 89.1 Å². The highest BCUT2D eigenvalue weighted by Crippen LogP contribution is 2.61. The number of rotatable bonds is 5. The van der Waals surface area contributed by atoms with E-state index in [0.717, 1.165) is 35.7 Å². The van der Waals surface area contributed by atoms with Gasteiger partial charge in [0.2, 0.25) is 5.91 Å². The number of halogens is 3. The molecule has 37 heavy (non-hydrogen) atoms. The third kappa shape index (κ3) is 4.93. The highest BCUT2D eigenvalue weighted by molar-refractivity contribution is 5.82. The Kier molecular flexibility index (Phi) is 6.49. The molecule has 2 heterocycles. The molecule has 8 heteroatoms. The number of benzene rings is 1. The Hall–Kier alpha value is -2.35. The van der Waals surface area contributed by atoms with Gasteiger partial charge in [0.15, 0.2) is 0 Å². The minimum Gasteiger partial charge on any atom is -0.354 e. The zero-order valence-corrected chi connectivity index (χ0v) is 22.4. The molecule has 1 aromatic heterocycles. The first kappa shape index (κ1) is 26.3. The fourth-order valence-corrected chi connectivity index (χ4v) is 6.94. The second-order valence-electron chi connectivity index (χ2n) is 13.0. The third-order valence-corrected chi connectivity index (χ3v) is 9.40. The monoisotopic (exact) mass is 516 g/mol. The van der Waals surface area contributed by atoms with Crippen LogP contribution in [-0.4, -0.2) is 28.3 Å². The zero-order valence-electron chi connectivity index (χ0n) is 22.4. The van der Waals surface area contributed by atoms with E-state index in [1.54, 1.807) is 0 Å². The number of amides is 1. The van der Waals surface area contributed by atoms with Crippen molar-refractivity contribution in [1.82, 2.24) is 20.4 Å². The van der Waals surface area contributed by atoms with Crippen LogP contribution in [0.25, 0.3) is 0 Å². The van der Waals surface area contributed by atoms with Crippen molar-refractivity contribution >= 4 is 5.91 Å². The summed E-state index contributed by atoms with van der Waals surface area (Å²) in [5, 5.41) is 11.5. The number of carbonyl (C=O) groups is 1. The maximum atomic E-state index is 13.3. The van der Waals surface area contributed by atoms with E-state index in [2.05, 4.69) is 45.3 Å². The first-order valence-electron chi connectivity index (χ1n) is 13.5. The van der Waals surface area contributed by atoms with Gasteiger partial charge < -0.3 is 5.32 Å². The van der Waals surface area contributed by atoms with Crippen LogP contribution in [0.4, 0.5) is 13.2 Å². The van der Waals surface area contributed by atoms with Crippen molar-refractivity contribution in [1.29, 1.82) is 0 Å². The first-order valence-corrected chi connectivity index (χ1v) is 13.5. The number of alkyl halides is 3. The van der Waals surface area contributed by atoms with Gasteiger partial charge in [-0.15, -0.1) is 0 Å². The number of aromatic nitrogens is 2. The molecular formula is C29H39F3N4O. The zero-order chi connectivity index (χ0) is 26.8. The van der Waals surface area contributed by atoms with Gasteiger partial charge in [-0.2, -0.15) is 18.3 Å². The lowest BCUT2D eigenvalue weighted by Crippen LogP contribution is -2.55. The second-order valence-corrected chi connectivity index (χ2v) is 13.0. The van der Waals surface area contributed by atoms with Crippen LogP contribution in [0, 0.1) is 23.2 Å². The van der Waals surface area contributed by atoms with Crippen molar-refractivity contribution < 1.29 is 18.0 Å². The molecule has 0 radical (unpaired) electrons. The molecule has 4 fully saturated rings. The summed E-state index contributed by atoms with van der Waals surface area (Å²) in [4.78, 5) is 13.3. The molecule has 3 unspecified atom stereocenters. The fraction of sp³-hybridized carbons (Fsp3) is 0.655. The minimum atomic E-state index is -4.39. The van der Waals surface area contributed by atoms with Crippen molar-refractivity contribution in [3.05, 3.63) is 53.3 Å². The van der Waals surface area contributed by atoms with Gasteiger partial charge in [-0.1, -0.05) is 26.0 Å². The molecule has 4 aliphatic rings. The van der Waals surface area contributed by atoms with Gasteiger partial charge in [0.1, 0.15) is 0 Å². The van der Waals surface area contributed by atoms with Crippen LogP contribution in [0.2, 0.25) is 0 Å². The number of fused-ring (bicyclic) bond motifs is 2. The SMILES string of the molecule is CC1(C)C2CC[C@@H](CNC(=O)[C@@H]3CC(c4ccn(C(C)(C)C)n4)[C@H](c4ccc(C(F)(F)F)cc4)N3)C1C2. The Balaban J connectivity index is 1.33. The Morgan fingerprint density at radius 2 is 1.81 bits per heavy atom. The van der Waals surface area contributed by atoms with Gasteiger partial charge in [-0.25, -0.2) is 0 Å². The third-order valence-electron chi connectivity index (χ3n) is 9.40. The minimum absolute atomic E-state index is 0.0334. The number of carbonyl (C=O) groups excluding carboxylic acids is 1. The molecule has 1 aliphatic heterocycles. The summed E-state index contributed by atoms with van der Waals surface area (Å²) >= 11 is 0. The molecular weight excluding hydrogens is 477 g/mol. The van der Waals surface area contributed by atoms with Gasteiger partial charge in [0, 0.05) is 24.7 Å². The van der Waals surface area contributed by atoms with Gasteiger partial charge in [-0.3, -0.25) is 14.8 Å². The lowest BCUT2D eigenvalue weighted by Gasteiger charge is -2.60. The van der Waals surface area contributed by atoms with E-state index in [1.165, 1.54) is 25.0 Å². The van der Waals surface area contributed by atoms with Crippen LogP contribution in [0.5, 0.6) is 0 Å². The Morgan fingerprint density at radius 1 is 1.11 bits per heavy atom. The molecule has 1 amide bonds. The Morgan fingerprint density at radius 3 is 2.38 bits per heavy atom. The standard InChI is InChI=1S/C29H39F3N4O/c1-27(2,3)36-13-12-23(35-36)21-15-24(34-25(21)17-6-9-19(10-7-17)29(30,31)32)26(37)33-16-18-8-11-20-14-22(18)28(20,4)5/h6-7,9-10,12-13,18,20-22,24-25,34H,8,11,14-16H2,1-5H3,(H,33,37)/t18-,20?,21?,22?,24-,25-/m0/s1. The molecule has 6 rings (SSSR count). The summed E-state index contributed by atoms with van der Waals surface area (Å²) < 4.78 is 41.4. The summed E-state index contributed by atoms with van der Waals surface area (Å²) in [6, 6.07) is 6.51. The quantitative estimate of drug-likeness (QED) is 0.510. The number of hydrogen-bond donors (Lipinski definition) is 2. The van der Waals surface area contributed by atoms with E-state index >= 15 is 0 Å². The average molecular weight is 517 g/mol. The van der Waals surface area contributed by atoms with Crippen molar-refractivity contribution in [2.75, 3.05) is 6.54 Å². The maximum Gasteiger partial charge on any atom is 0.416 e. The first-order chi connectivity index (χ1) is 17.2. The van der Waals surface area contributed by atoms with Crippen molar-refractivity contribution in [2.45, 2.75) is 90.0 Å². The van der Waals surface area contributed by atoms with E-state index in [4.69, 9.17) is 5.10 Å². The average Bonchev–Trinajstić information content (AvgIpc) is 3.50. The van der Waals surface area contributed by atoms with E-state index in [1.807, 2.05) is 16.9 Å². The summed E-state index contributed by atoms with van der Waals surface area (Å²) in [6.07, 6.45) is 1.76. The van der Waals surface area contributed by atoms with E-state index in [-0.39, 0.29) is 23.4 Å². The molecule has 202 valence electrons. The number of nitrogens with one attached hydrogen (secondary N) is 2. The molecule has 6 atom stereocenters. The maximum absolute atomic E-state index is 13.3. The van der Waals surface area contributed by atoms with Crippen LogP contribution in [0.3, 0.4) is 0 Å². The molecule has 0 spiro atoms. The van der Waals surface area contributed by atoms with Crippen LogP contribution >= 0.6 is 0 Å².